The number of methoxy groups -OCH3 is 1. The molecule has 0 saturated heterocycles. The summed E-state index contributed by atoms with van der Waals surface area (Å²) in [4.78, 5) is 6.55. The van der Waals surface area contributed by atoms with Gasteiger partial charge in [-0.3, -0.25) is 9.39 Å². The van der Waals surface area contributed by atoms with Crippen LogP contribution in [-0.4, -0.2) is 79.4 Å². The molecular formula is C18H31N7O. The van der Waals surface area contributed by atoms with Crippen LogP contribution in [0.1, 0.15) is 18.7 Å². The Bertz CT molecular complexity index is 670. The quantitative estimate of drug-likeness (QED) is 0.350. The first-order chi connectivity index (χ1) is 12.7. The van der Waals surface area contributed by atoms with Crippen LogP contribution >= 0.6 is 0 Å². The minimum Gasteiger partial charge on any atom is -0.385 e. The molecule has 0 aromatic carbocycles. The molecule has 2 rings (SSSR count). The summed E-state index contributed by atoms with van der Waals surface area (Å²) in [5, 5.41) is 15.1. The van der Waals surface area contributed by atoms with Crippen LogP contribution < -0.4 is 10.6 Å². The molecule has 8 nitrogen and oxygen atoms in total. The van der Waals surface area contributed by atoms with Gasteiger partial charge in [0.05, 0.1) is 0 Å². The number of hydrogen-bond donors (Lipinski definition) is 2. The van der Waals surface area contributed by atoms with Crippen molar-refractivity contribution in [2.24, 2.45) is 4.99 Å². The van der Waals surface area contributed by atoms with E-state index in [1.165, 1.54) is 0 Å². The van der Waals surface area contributed by atoms with Gasteiger partial charge in [0, 0.05) is 59.6 Å². The van der Waals surface area contributed by atoms with Gasteiger partial charge in [-0.25, -0.2) is 0 Å². The maximum Gasteiger partial charge on any atom is 0.191 e. The summed E-state index contributed by atoms with van der Waals surface area (Å²) in [6.45, 7) is 4.51. The summed E-state index contributed by atoms with van der Waals surface area (Å²) in [7, 11) is 5.66. The van der Waals surface area contributed by atoms with Crippen molar-refractivity contribution in [3.8, 4) is 0 Å². The third-order valence-corrected chi connectivity index (χ3v) is 4.15. The standard InChI is InChI=1S/C18H31N7O/c1-19-18(21-11-14-24(2)12-7-15-26-3)20-10-6-9-17-23-22-16-8-4-5-13-25(16)17/h4-5,8,13H,6-7,9-12,14-15H2,1-3H3,(H2,19,20,21). The first kappa shape index (κ1) is 20.1. The van der Waals surface area contributed by atoms with Crippen LogP contribution in [0.3, 0.4) is 0 Å². The molecule has 8 heteroatoms. The molecule has 2 N–H and O–H groups in total. The van der Waals surface area contributed by atoms with Gasteiger partial charge in [0.1, 0.15) is 5.82 Å². The van der Waals surface area contributed by atoms with E-state index in [4.69, 9.17) is 4.74 Å². The highest BCUT2D eigenvalue weighted by molar-refractivity contribution is 5.79. The van der Waals surface area contributed by atoms with Gasteiger partial charge >= 0.3 is 0 Å². The Morgan fingerprint density at radius 2 is 2.04 bits per heavy atom. The van der Waals surface area contributed by atoms with E-state index in [1.807, 2.05) is 28.8 Å². The zero-order chi connectivity index (χ0) is 18.6. The number of guanidine groups is 1. The predicted molar refractivity (Wildman–Crippen MR) is 105 cm³/mol. The van der Waals surface area contributed by atoms with E-state index in [0.717, 1.165) is 69.5 Å². The molecule has 0 saturated carbocycles. The molecule has 0 amide bonds. The number of aryl methyl sites for hydroxylation is 1. The van der Waals surface area contributed by atoms with Crippen LogP contribution in [0.5, 0.6) is 0 Å². The maximum absolute atomic E-state index is 5.08. The summed E-state index contributed by atoms with van der Waals surface area (Å²) in [5.41, 5.74) is 0.891. The molecule has 2 aromatic heterocycles. The SMILES string of the molecule is CN=C(NCCCc1nnc2ccccn12)NCCN(C)CCCOC. The van der Waals surface area contributed by atoms with Crippen LogP contribution in [0.15, 0.2) is 29.4 Å². The normalized spacial score (nSPS) is 12.1. The second-order valence-electron chi connectivity index (χ2n) is 6.22. The second-order valence-corrected chi connectivity index (χ2v) is 6.22. The highest BCUT2D eigenvalue weighted by Crippen LogP contribution is 2.04. The van der Waals surface area contributed by atoms with Crippen molar-refractivity contribution in [3.05, 3.63) is 30.2 Å². The van der Waals surface area contributed by atoms with Gasteiger partial charge in [-0.05, 0) is 32.0 Å². The summed E-state index contributed by atoms with van der Waals surface area (Å²) >= 11 is 0. The van der Waals surface area contributed by atoms with Crippen LogP contribution in [0.25, 0.3) is 5.65 Å². The Labute approximate surface area is 155 Å². The van der Waals surface area contributed by atoms with Crippen LogP contribution in [0, 0.1) is 0 Å². The van der Waals surface area contributed by atoms with Crippen molar-refractivity contribution >= 4 is 11.6 Å². The molecule has 0 unspecified atom stereocenters. The molecule has 0 aliphatic rings. The molecular weight excluding hydrogens is 330 g/mol. The third kappa shape index (κ3) is 6.61. The van der Waals surface area contributed by atoms with E-state index in [0.29, 0.717) is 0 Å². The van der Waals surface area contributed by atoms with E-state index in [2.05, 4.69) is 37.8 Å². The lowest BCUT2D eigenvalue weighted by atomic mass is 10.3. The molecule has 0 fully saturated rings. The van der Waals surface area contributed by atoms with Crippen molar-refractivity contribution < 1.29 is 4.74 Å². The Hall–Kier alpha value is -2.19. The maximum atomic E-state index is 5.08. The van der Waals surface area contributed by atoms with Gasteiger partial charge in [0.25, 0.3) is 0 Å². The number of nitrogens with zero attached hydrogens (tertiary/aromatic N) is 5. The van der Waals surface area contributed by atoms with Crippen molar-refractivity contribution in [3.63, 3.8) is 0 Å². The first-order valence-electron chi connectivity index (χ1n) is 9.15. The highest BCUT2D eigenvalue weighted by Gasteiger charge is 2.04. The largest absolute Gasteiger partial charge is 0.385 e. The molecule has 26 heavy (non-hydrogen) atoms. The lowest BCUT2D eigenvalue weighted by Crippen LogP contribution is -2.41. The van der Waals surface area contributed by atoms with E-state index >= 15 is 0 Å². The number of ether oxygens (including phenoxy) is 1. The van der Waals surface area contributed by atoms with Crippen molar-refractivity contribution in [1.29, 1.82) is 0 Å². The number of pyridine rings is 1. The molecule has 0 aliphatic carbocycles. The van der Waals surface area contributed by atoms with Gasteiger partial charge in [0.15, 0.2) is 11.6 Å². The Morgan fingerprint density at radius 3 is 2.85 bits per heavy atom. The van der Waals surface area contributed by atoms with Crippen molar-refractivity contribution in [1.82, 2.24) is 30.1 Å². The molecule has 2 heterocycles. The summed E-state index contributed by atoms with van der Waals surface area (Å²) in [6.07, 6.45) is 4.89. The van der Waals surface area contributed by atoms with Gasteiger partial charge in [-0.1, -0.05) is 6.07 Å². The van der Waals surface area contributed by atoms with Crippen LogP contribution in [0.2, 0.25) is 0 Å². The van der Waals surface area contributed by atoms with Gasteiger partial charge in [-0.15, -0.1) is 10.2 Å². The fraction of sp³-hybridized carbons (Fsp3) is 0.611. The fourth-order valence-corrected chi connectivity index (χ4v) is 2.69. The van der Waals surface area contributed by atoms with E-state index in [1.54, 1.807) is 14.2 Å². The summed E-state index contributed by atoms with van der Waals surface area (Å²) in [5.74, 6) is 1.82. The monoisotopic (exact) mass is 361 g/mol. The van der Waals surface area contributed by atoms with Crippen LogP contribution in [0.4, 0.5) is 0 Å². The molecule has 0 spiro atoms. The fourth-order valence-electron chi connectivity index (χ4n) is 2.69. The Balaban J connectivity index is 1.61. The topological polar surface area (TPSA) is 79.1 Å². The first-order valence-corrected chi connectivity index (χ1v) is 9.15. The Morgan fingerprint density at radius 1 is 1.19 bits per heavy atom. The zero-order valence-corrected chi connectivity index (χ0v) is 16.1. The minimum absolute atomic E-state index is 0.808. The van der Waals surface area contributed by atoms with Gasteiger partial charge in [0.2, 0.25) is 0 Å². The average molecular weight is 361 g/mol. The highest BCUT2D eigenvalue weighted by atomic mass is 16.5. The number of rotatable bonds is 11. The number of nitrogens with one attached hydrogen (secondary N) is 2. The number of aromatic nitrogens is 3. The predicted octanol–water partition coefficient (Wildman–Crippen LogP) is 0.795. The number of fused-ring (bicyclic) bond motifs is 1. The summed E-state index contributed by atoms with van der Waals surface area (Å²) < 4.78 is 7.11. The number of aliphatic imine (C=N–C) groups is 1. The lowest BCUT2D eigenvalue weighted by Gasteiger charge is -2.18. The number of hydrogen-bond acceptors (Lipinski definition) is 5. The Kier molecular flexibility index (Phi) is 8.85. The third-order valence-electron chi connectivity index (χ3n) is 4.15. The summed E-state index contributed by atoms with van der Waals surface area (Å²) in [6, 6.07) is 5.93. The molecule has 0 atom stereocenters. The molecule has 144 valence electrons. The van der Waals surface area contributed by atoms with E-state index in [-0.39, 0.29) is 0 Å². The van der Waals surface area contributed by atoms with Gasteiger partial charge in [-0.2, -0.15) is 0 Å². The minimum atomic E-state index is 0.808. The average Bonchev–Trinajstić information content (AvgIpc) is 3.07. The zero-order valence-electron chi connectivity index (χ0n) is 16.1. The van der Waals surface area contributed by atoms with E-state index in [9.17, 15) is 0 Å². The van der Waals surface area contributed by atoms with Crippen molar-refractivity contribution in [2.75, 3.05) is 54.0 Å². The lowest BCUT2D eigenvalue weighted by molar-refractivity contribution is 0.180. The molecule has 0 bridgehead atoms. The second kappa shape index (κ2) is 11.4. The van der Waals surface area contributed by atoms with Crippen molar-refractivity contribution in [2.45, 2.75) is 19.3 Å². The molecule has 0 aliphatic heterocycles. The molecule has 0 radical (unpaired) electrons. The van der Waals surface area contributed by atoms with E-state index < -0.39 is 0 Å². The molecule has 2 aromatic rings. The van der Waals surface area contributed by atoms with Gasteiger partial charge < -0.3 is 20.3 Å². The van der Waals surface area contributed by atoms with Crippen LogP contribution in [-0.2, 0) is 11.2 Å². The smallest absolute Gasteiger partial charge is 0.191 e. The number of likely N-dealkylation sites (N-methyl/N-ethyl adjacent to an activating group) is 1.